The van der Waals surface area contributed by atoms with Crippen molar-refractivity contribution in [2.24, 2.45) is 0 Å². The fourth-order valence-corrected chi connectivity index (χ4v) is 4.53. The summed E-state index contributed by atoms with van der Waals surface area (Å²) in [5, 5.41) is 2.90. The lowest BCUT2D eigenvalue weighted by Gasteiger charge is -2.29. The van der Waals surface area contributed by atoms with Crippen LogP contribution in [0.5, 0.6) is 11.5 Å². The SMILES string of the molecule is Cc1cc(OCC(=O)c2ccc3c(c2)N(CC(=O)NCCN2CCCC2)C(=O)CO3)cc(C(C)C)c1. The smallest absolute Gasteiger partial charge is 0.265 e. The van der Waals surface area contributed by atoms with E-state index in [4.69, 9.17) is 9.47 Å². The van der Waals surface area contributed by atoms with Gasteiger partial charge in [-0.3, -0.25) is 19.3 Å². The van der Waals surface area contributed by atoms with Crippen LogP contribution in [0.15, 0.2) is 36.4 Å². The van der Waals surface area contributed by atoms with Crippen molar-refractivity contribution in [3.8, 4) is 11.5 Å². The van der Waals surface area contributed by atoms with E-state index < -0.39 is 0 Å². The minimum absolute atomic E-state index is 0.120. The highest BCUT2D eigenvalue weighted by molar-refractivity contribution is 6.04. The van der Waals surface area contributed by atoms with Gasteiger partial charge in [0.2, 0.25) is 5.91 Å². The highest BCUT2D eigenvalue weighted by atomic mass is 16.5. The molecule has 0 atom stereocenters. The first-order valence-corrected chi connectivity index (χ1v) is 12.6. The number of carbonyl (C=O) groups is 3. The van der Waals surface area contributed by atoms with Crippen LogP contribution in [0.3, 0.4) is 0 Å². The fraction of sp³-hybridized carbons (Fsp3) is 0.464. The summed E-state index contributed by atoms with van der Waals surface area (Å²) in [7, 11) is 0. The molecule has 0 spiro atoms. The monoisotopic (exact) mass is 493 g/mol. The van der Waals surface area contributed by atoms with E-state index in [1.165, 1.54) is 17.7 Å². The molecule has 36 heavy (non-hydrogen) atoms. The molecule has 8 heteroatoms. The molecule has 2 aromatic rings. The van der Waals surface area contributed by atoms with E-state index in [1.807, 2.05) is 19.1 Å². The lowest BCUT2D eigenvalue weighted by Crippen LogP contribution is -2.46. The molecule has 0 radical (unpaired) electrons. The number of nitrogens with zero attached hydrogens (tertiary/aromatic N) is 2. The number of likely N-dealkylation sites (tertiary alicyclic amines) is 1. The molecule has 2 aliphatic rings. The van der Waals surface area contributed by atoms with Gasteiger partial charge in [-0.1, -0.05) is 19.9 Å². The van der Waals surface area contributed by atoms with Gasteiger partial charge in [0.05, 0.1) is 5.69 Å². The molecule has 0 aromatic heterocycles. The lowest BCUT2D eigenvalue weighted by molar-refractivity contribution is -0.125. The highest BCUT2D eigenvalue weighted by Gasteiger charge is 2.28. The number of carbonyl (C=O) groups excluding carboxylic acids is 3. The van der Waals surface area contributed by atoms with Gasteiger partial charge < -0.3 is 19.7 Å². The first kappa shape index (κ1) is 25.7. The molecule has 2 aromatic carbocycles. The summed E-state index contributed by atoms with van der Waals surface area (Å²) in [4.78, 5) is 41.8. The third-order valence-corrected chi connectivity index (χ3v) is 6.58. The topological polar surface area (TPSA) is 88.2 Å². The number of anilines is 1. The predicted molar refractivity (Wildman–Crippen MR) is 138 cm³/mol. The molecule has 0 saturated carbocycles. The molecule has 8 nitrogen and oxygen atoms in total. The van der Waals surface area contributed by atoms with E-state index in [1.54, 1.807) is 18.2 Å². The number of rotatable bonds is 10. The van der Waals surface area contributed by atoms with Crippen molar-refractivity contribution in [2.45, 2.75) is 39.5 Å². The first-order chi connectivity index (χ1) is 17.3. The molecule has 2 amide bonds. The molecule has 1 fully saturated rings. The molecule has 1 saturated heterocycles. The van der Waals surface area contributed by atoms with Crippen LogP contribution in [0.25, 0.3) is 0 Å². The van der Waals surface area contributed by atoms with Gasteiger partial charge in [-0.15, -0.1) is 0 Å². The summed E-state index contributed by atoms with van der Waals surface area (Å²) in [6.07, 6.45) is 2.39. The number of aryl methyl sites for hydroxylation is 1. The van der Waals surface area contributed by atoms with Gasteiger partial charge >= 0.3 is 0 Å². The van der Waals surface area contributed by atoms with Crippen molar-refractivity contribution < 1.29 is 23.9 Å². The molecule has 1 N–H and O–H groups in total. The summed E-state index contributed by atoms with van der Waals surface area (Å²) in [6.45, 7) is 9.29. The average molecular weight is 494 g/mol. The number of ketones is 1. The Bertz CT molecular complexity index is 1120. The minimum Gasteiger partial charge on any atom is -0.485 e. The van der Waals surface area contributed by atoms with E-state index in [-0.39, 0.29) is 37.4 Å². The van der Waals surface area contributed by atoms with Gasteiger partial charge in [-0.05, 0) is 80.2 Å². The number of nitrogens with one attached hydrogen (secondary N) is 1. The third-order valence-electron chi connectivity index (χ3n) is 6.58. The van der Waals surface area contributed by atoms with E-state index in [0.29, 0.717) is 35.2 Å². The average Bonchev–Trinajstić information content (AvgIpc) is 3.37. The highest BCUT2D eigenvalue weighted by Crippen LogP contribution is 2.33. The van der Waals surface area contributed by atoms with Crippen LogP contribution in [0.1, 0.15) is 54.1 Å². The Morgan fingerprint density at radius 3 is 2.64 bits per heavy atom. The van der Waals surface area contributed by atoms with E-state index in [9.17, 15) is 14.4 Å². The molecular weight excluding hydrogens is 458 g/mol. The van der Waals surface area contributed by atoms with Gasteiger partial charge in [0.15, 0.2) is 19.0 Å². The largest absolute Gasteiger partial charge is 0.485 e. The van der Waals surface area contributed by atoms with Crippen LogP contribution in [-0.2, 0) is 9.59 Å². The Kier molecular flexibility index (Phi) is 8.25. The van der Waals surface area contributed by atoms with E-state index in [0.717, 1.165) is 30.8 Å². The summed E-state index contributed by atoms with van der Waals surface area (Å²) < 4.78 is 11.3. The summed E-state index contributed by atoms with van der Waals surface area (Å²) >= 11 is 0. The molecule has 2 aliphatic heterocycles. The van der Waals surface area contributed by atoms with Crippen LogP contribution in [0, 0.1) is 6.92 Å². The second-order valence-electron chi connectivity index (χ2n) is 9.80. The number of hydrogen-bond donors (Lipinski definition) is 1. The minimum atomic E-state index is -0.320. The summed E-state index contributed by atoms with van der Waals surface area (Å²) in [5.41, 5.74) is 3.03. The van der Waals surface area contributed by atoms with Crippen molar-refractivity contribution in [1.82, 2.24) is 10.2 Å². The molecule has 0 unspecified atom stereocenters. The number of benzene rings is 2. The maximum atomic E-state index is 12.9. The van der Waals surface area contributed by atoms with Crippen molar-refractivity contribution in [3.63, 3.8) is 0 Å². The zero-order chi connectivity index (χ0) is 25.7. The van der Waals surface area contributed by atoms with Crippen LogP contribution in [0.4, 0.5) is 5.69 Å². The van der Waals surface area contributed by atoms with Crippen LogP contribution >= 0.6 is 0 Å². The molecule has 0 aliphatic carbocycles. The Labute approximate surface area is 212 Å². The van der Waals surface area contributed by atoms with Crippen molar-refractivity contribution in [1.29, 1.82) is 0 Å². The summed E-state index contributed by atoms with van der Waals surface area (Å²) in [6, 6.07) is 10.9. The zero-order valence-electron chi connectivity index (χ0n) is 21.3. The standard InChI is InChI=1S/C28H35N3O5/c1-19(2)22-12-20(3)13-23(14-22)35-17-25(32)21-6-7-26-24(15-21)31(28(34)18-36-26)16-27(33)29-8-11-30-9-4-5-10-30/h6-7,12-15,19H,4-5,8-11,16-18H2,1-3H3,(H,29,33). The Morgan fingerprint density at radius 2 is 1.89 bits per heavy atom. The van der Waals surface area contributed by atoms with Crippen LogP contribution in [-0.4, -0.2) is 68.4 Å². The first-order valence-electron chi connectivity index (χ1n) is 12.6. The van der Waals surface area contributed by atoms with Gasteiger partial charge in [0.25, 0.3) is 5.91 Å². The van der Waals surface area contributed by atoms with Crippen molar-refractivity contribution in [3.05, 3.63) is 53.1 Å². The Balaban J connectivity index is 1.40. The van der Waals surface area contributed by atoms with Gasteiger partial charge in [0, 0.05) is 18.7 Å². The van der Waals surface area contributed by atoms with Crippen LogP contribution < -0.4 is 19.7 Å². The zero-order valence-corrected chi connectivity index (χ0v) is 21.3. The van der Waals surface area contributed by atoms with Crippen molar-refractivity contribution >= 4 is 23.3 Å². The lowest BCUT2D eigenvalue weighted by atomic mass is 10.0. The second-order valence-corrected chi connectivity index (χ2v) is 9.80. The van der Waals surface area contributed by atoms with E-state index >= 15 is 0 Å². The fourth-order valence-electron chi connectivity index (χ4n) is 4.53. The maximum absolute atomic E-state index is 12.9. The second kappa shape index (κ2) is 11.6. The van der Waals surface area contributed by atoms with Gasteiger partial charge in [-0.25, -0.2) is 0 Å². The number of Topliss-reactive ketones (excluding diaryl/α,β-unsaturated/α-hetero) is 1. The molecule has 0 bridgehead atoms. The number of amides is 2. The number of hydrogen-bond acceptors (Lipinski definition) is 6. The van der Waals surface area contributed by atoms with Crippen LogP contribution in [0.2, 0.25) is 0 Å². The molecule has 192 valence electrons. The predicted octanol–water partition coefficient (Wildman–Crippen LogP) is 3.32. The number of fused-ring (bicyclic) bond motifs is 1. The third kappa shape index (κ3) is 6.43. The number of ether oxygens (including phenoxy) is 2. The van der Waals surface area contributed by atoms with E-state index in [2.05, 4.69) is 30.1 Å². The Hall–Kier alpha value is -3.39. The normalized spacial score (nSPS) is 15.6. The Morgan fingerprint density at radius 1 is 1.11 bits per heavy atom. The molecule has 4 rings (SSSR count). The van der Waals surface area contributed by atoms with Gasteiger partial charge in [0.1, 0.15) is 18.0 Å². The molecular formula is C28H35N3O5. The maximum Gasteiger partial charge on any atom is 0.265 e. The van der Waals surface area contributed by atoms with Gasteiger partial charge in [-0.2, -0.15) is 0 Å². The quantitative estimate of drug-likeness (QED) is 0.511. The van der Waals surface area contributed by atoms with Crippen molar-refractivity contribution in [2.75, 3.05) is 50.8 Å². The molecule has 2 heterocycles. The summed E-state index contributed by atoms with van der Waals surface area (Å²) in [5.74, 6) is 0.686.